The fourth-order valence-electron chi connectivity index (χ4n) is 3.76. The number of nitrogens with one attached hydrogen (secondary N) is 2. The van der Waals surface area contributed by atoms with Crippen LogP contribution in [0.2, 0.25) is 5.15 Å². The van der Waals surface area contributed by atoms with Crippen LogP contribution >= 0.6 is 11.6 Å². The summed E-state index contributed by atoms with van der Waals surface area (Å²) in [7, 11) is 0. The van der Waals surface area contributed by atoms with Gasteiger partial charge >= 0.3 is 0 Å². The third-order valence-electron chi connectivity index (χ3n) is 5.30. The Morgan fingerprint density at radius 1 is 1.07 bits per heavy atom. The van der Waals surface area contributed by atoms with Crippen LogP contribution in [0.15, 0.2) is 60.7 Å². The molecule has 27 heavy (non-hydrogen) atoms. The minimum Gasteiger partial charge on any atom is -0.331 e. The van der Waals surface area contributed by atoms with E-state index in [-0.39, 0.29) is 11.8 Å². The third kappa shape index (κ3) is 4.29. The Hall–Kier alpha value is -2.43. The fraction of sp³-hybridized carbons (Fsp3) is 0.273. The lowest BCUT2D eigenvalue weighted by Gasteiger charge is -2.28. The van der Waals surface area contributed by atoms with Gasteiger partial charge in [-0.05, 0) is 24.3 Å². The third-order valence-corrected chi connectivity index (χ3v) is 5.62. The van der Waals surface area contributed by atoms with Crippen molar-refractivity contribution in [3.8, 4) is 0 Å². The fourth-order valence-corrected chi connectivity index (χ4v) is 3.97. The minimum atomic E-state index is 0.0826. The van der Waals surface area contributed by atoms with Gasteiger partial charge < -0.3 is 10.2 Å². The van der Waals surface area contributed by atoms with Gasteiger partial charge in [-0.15, -0.1) is 0 Å². The molecule has 2 N–H and O–H groups in total. The average molecular weight is 381 g/mol. The number of hydrogen-bond acceptors (Lipinski definition) is 2. The Balaban J connectivity index is 1.35. The molecule has 5 heteroatoms. The van der Waals surface area contributed by atoms with Gasteiger partial charge in [0.2, 0.25) is 5.91 Å². The summed E-state index contributed by atoms with van der Waals surface area (Å²) in [6.45, 7) is 2.79. The Bertz CT molecular complexity index is 937. The number of carbonyl (C=O) groups excluding carboxylic acids is 1. The van der Waals surface area contributed by atoms with E-state index in [2.05, 4.69) is 22.4 Å². The summed E-state index contributed by atoms with van der Waals surface area (Å²) in [4.78, 5) is 18.5. The predicted molar refractivity (Wildman–Crippen MR) is 109 cm³/mol. The van der Waals surface area contributed by atoms with Gasteiger partial charge in [-0.2, -0.15) is 0 Å². The highest BCUT2D eigenvalue weighted by atomic mass is 35.5. The van der Waals surface area contributed by atoms with Crippen LogP contribution in [0.1, 0.15) is 18.4 Å². The summed E-state index contributed by atoms with van der Waals surface area (Å²) in [5.41, 5.74) is 2.88. The first-order valence-corrected chi connectivity index (χ1v) is 9.80. The molecule has 1 aliphatic rings. The van der Waals surface area contributed by atoms with E-state index >= 15 is 0 Å². The lowest BCUT2D eigenvalue weighted by atomic mass is 9.95. The van der Waals surface area contributed by atoms with E-state index in [9.17, 15) is 4.79 Å². The number of likely N-dealkylation sites (tertiary alicyclic amines) is 1. The molecule has 2 heterocycles. The van der Waals surface area contributed by atoms with Crippen molar-refractivity contribution in [1.29, 1.82) is 0 Å². The van der Waals surface area contributed by atoms with Crippen molar-refractivity contribution < 1.29 is 9.69 Å². The van der Waals surface area contributed by atoms with Gasteiger partial charge in [0.15, 0.2) is 0 Å². The van der Waals surface area contributed by atoms with Crippen LogP contribution in [0.4, 0.5) is 5.69 Å². The smallest absolute Gasteiger partial charge is 0.227 e. The van der Waals surface area contributed by atoms with E-state index in [1.54, 1.807) is 0 Å². The van der Waals surface area contributed by atoms with Crippen molar-refractivity contribution in [2.45, 2.75) is 19.4 Å². The van der Waals surface area contributed by atoms with Crippen molar-refractivity contribution in [3.05, 3.63) is 71.4 Å². The average Bonchev–Trinajstić information content (AvgIpc) is 2.70. The molecule has 0 atom stereocenters. The zero-order valence-corrected chi connectivity index (χ0v) is 15.9. The Labute approximate surface area is 164 Å². The van der Waals surface area contributed by atoms with Crippen LogP contribution in [0.3, 0.4) is 0 Å². The van der Waals surface area contributed by atoms with Crippen LogP contribution in [-0.2, 0) is 11.3 Å². The van der Waals surface area contributed by atoms with Gasteiger partial charge in [-0.1, -0.05) is 48.0 Å². The predicted octanol–water partition coefficient (Wildman–Crippen LogP) is 3.32. The minimum absolute atomic E-state index is 0.0826. The zero-order chi connectivity index (χ0) is 18.6. The molecule has 4 rings (SSSR count). The molecule has 1 aliphatic heterocycles. The molecule has 1 amide bonds. The van der Waals surface area contributed by atoms with Crippen molar-refractivity contribution in [2.75, 3.05) is 18.4 Å². The molecule has 0 aliphatic carbocycles. The van der Waals surface area contributed by atoms with Gasteiger partial charge in [0, 0.05) is 35.4 Å². The van der Waals surface area contributed by atoms with Gasteiger partial charge in [0.1, 0.15) is 11.7 Å². The number of quaternary nitrogens is 1. The van der Waals surface area contributed by atoms with E-state index in [0.29, 0.717) is 5.15 Å². The number of anilines is 1. The number of carbonyl (C=O) groups is 1. The largest absolute Gasteiger partial charge is 0.331 e. The molecular weight excluding hydrogens is 358 g/mol. The normalized spacial score (nSPS) is 19.7. The number of fused-ring (bicyclic) bond motifs is 1. The lowest BCUT2D eigenvalue weighted by molar-refractivity contribution is -0.919. The highest BCUT2D eigenvalue weighted by Crippen LogP contribution is 2.20. The summed E-state index contributed by atoms with van der Waals surface area (Å²) >= 11 is 6.40. The number of benzene rings is 2. The van der Waals surface area contributed by atoms with Crippen LogP contribution in [0.5, 0.6) is 0 Å². The van der Waals surface area contributed by atoms with Crippen LogP contribution in [0.25, 0.3) is 10.9 Å². The maximum Gasteiger partial charge on any atom is 0.227 e. The SMILES string of the molecule is O=C(Nc1ccccc1)C1CC[NH+](Cc2cc3ccccc3nc2Cl)CC1. The molecular formula is C22H23ClN3O+. The molecule has 1 fully saturated rings. The first kappa shape index (κ1) is 18.0. The lowest BCUT2D eigenvalue weighted by Crippen LogP contribution is -3.11. The van der Waals surface area contributed by atoms with Crippen molar-refractivity contribution >= 4 is 34.1 Å². The second-order valence-electron chi connectivity index (χ2n) is 7.19. The number of pyridine rings is 1. The van der Waals surface area contributed by atoms with Crippen LogP contribution in [-0.4, -0.2) is 24.0 Å². The van der Waals surface area contributed by atoms with Gasteiger partial charge in [-0.25, -0.2) is 4.98 Å². The number of rotatable bonds is 4. The summed E-state index contributed by atoms with van der Waals surface area (Å²) in [6, 6.07) is 19.9. The van der Waals surface area contributed by atoms with Crippen LogP contribution in [0, 0.1) is 5.92 Å². The monoisotopic (exact) mass is 380 g/mol. The van der Waals surface area contributed by atoms with Gasteiger partial charge in [0.25, 0.3) is 0 Å². The number of hydrogen-bond donors (Lipinski definition) is 2. The summed E-state index contributed by atoms with van der Waals surface area (Å²) in [5.74, 6) is 0.213. The highest BCUT2D eigenvalue weighted by Gasteiger charge is 2.28. The molecule has 0 spiro atoms. The molecule has 4 nitrogen and oxygen atoms in total. The van der Waals surface area contributed by atoms with Crippen molar-refractivity contribution in [1.82, 2.24) is 4.98 Å². The highest BCUT2D eigenvalue weighted by molar-refractivity contribution is 6.30. The second-order valence-corrected chi connectivity index (χ2v) is 7.55. The Kier molecular flexibility index (Phi) is 5.37. The van der Waals surface area contributed by atoms with Gasteiger partial charge in [0.05, 0.1) is 18.6 Å². The Morgan fingerprint density at radius 2 is 1.78 bits per heavy atom. The maximum atomic E-state index is 12.5. The maximum absolute atomic E-state index is 12.5. The van der Waals surface area contributed by atoms with Gasteiger partial charge in [-0.3, -0.25) is 4.79 Å². The first-order chi connectivity index (χ1) is 13.2. The molecule has 3 aromatic rings. The molecule has 138 valence electrons. The van der Waals surface area contributed by atoms with Crippen molar-refractivity contribution in [2.24, 2.45) is 5.92 Å². The second kappa shape index (κ2) is 8.07. The van der Waals surface area contributed by atoms with E-state index in [1.165, 1.54) is 4.90 Å². The number of para-hydroxylation sites is 2. The topological polar surface area (TPSA) is 46.4 Å². The molecule has 0 radical (unpaired) electrons. The quantitative estimate of drug-likeness (QED) is 0.682. The van der Waals surface area contributed by atoms with E-state index in [0.717, 1.165) is 54.6 Å². The number of halogens is 1. The molecule has 0 unspecified atom stereocenters. The Morgan fingerprint density at radius 3 is 2.56 bits per heavy atom. The number of aromatic nitrogens is 1. The molecule has 0 bridgehead atoms. The number of amides is 1. The number of nitrogens with zero attached hydrogens (tertiary/aromatic N) is 1. The van der Waals surface area contributed by atoms with Crippen LogP contribution < -0.4 is 10.2 Å². The summed E-state index contributed by atoms with van der Waals surface area (Å²) in [5, 5.41) is 4.73. The first-order valence-electron chi connectivity index (χ1n) is 9.43. The van der Waals surface area contributed by atoms with E-state index in [1.807, 2.05) is 48.5 Å². The van der Waals surface area contributed by atoms with E-state index < -0.39 is 0 Å². The van der Waals surface area contributed by atoms with Crippen molar-refractivity contribution in [3.63, 3.8) is 0 Å². The van der Waals surface area contributed by atoms with E-state index in [4.69, 9.17) is 11.6 Å². The molecule has 2 aromatic carbocycles. The zero-order valence-electron chi connectivity index (χ0n) is 15.1. The number of piperidine rings is 1. The standard InChI is InChI=1S/C22H22ClN3O/c23-21-18(14-17-6-4-5-9-20(17)25-21)15-26-12-10-16(11-13-26)22(27)24-19-7-2-1-3-8-19/h1-9,14,16H,10-13,15H2,(H,24,27)/p+1. The summed E-state index contributed by atoms with van der Waals surface area (Å²) in [6.07, 6.45) is 1.79. The molecule has 1 saturated heterocycles. The summed E-state index contributed by atoms with van der Waals surface area (Å²) < 4.78 is 0. The molecule has 1 aromatic heterocycles. The molecule has 0 saturated carbocycles.